The van der Waals surface area contributed by atoms with Gasteiger partial charge in [0.1, 0.15) is 5.75 Å². The Kier molecular flexibility index (Phi) is 4.13. The van der Waals surface area contributed by atoms with Crippen molar-refractivity contribution in [1.29, 1.82) is 0 Å². The highest BCUT2D eigenvalue weighted by atomic mass is 16.3. The minimum atomic E-state index is 0.0515. The molecule has 0 radical (unpaired) electrons. The lowest BCUT2D eigenvalue weighted by Gasteiger charge is -2.34. The highest BCUT2D eigenvalue weighted by Gasteiger charge is 2.26. The van der Waals surface area contributed by atoms with E-state index >= 15 is 0 Å². The number of phenols is 1. The minimum absolute atomic E-state index is 0.0515. The average Bonchev–Trinajstić information content (AvgIpc) is 2.41. The van der Waals surface area contributed by atoms with Crippen molar-refractivity contribution in [3.05, 3.63) is 29.3 Å². The molecule has 1 amide bonds. The second-order valence-corrected chi connectivity index (χ2v) is 5.82. The Bertz CT molecular complexity index is 460. The van der Waals surface area contributed by atoms with E-state index in [2.05, 4.69) is 13.8 Å². The second-order valence-electron chi connectivity index (χ2n) is 5.82. The van der Waals surface area contributed by atoms with Crippen molar-refractivity contribution in [2.24, 2.45) is 11.8 Å². The number of rotatable bonds is 2. The van der Waals surface area contributed by atoms with Crippen LogP contribution in [0.15, 0.2) is 18.2 Å². The van der Waals surface area contributed by atoms with E-state index in [1.54, 1.807) is 25.1 Å². The standard InChI is InChI=1S/C16H23NO2/c1-11(2)13-7-9-17(10-8-13)16(19)14-5-4-6-15(18)12(14)3/h4-6,11,13,18H,7-10H2,1-3H3. The summed E-state index contributed by atoms with van der Waals surface area (Å²) >= 11 is 0. The summed E-state index contributed by atoms with van der Waals surface area (Å²) in [5.41, 5.74) is 1.31. The Morgan fingerprint density at radius 2 is 1.95 bits per heavy atom. The quantitative estimate of drug-likeness (QED) is 0.888. The van der Waals surface area contributed by atoms with Crippen molar-refractivity contribution in [1.82, 2.24) is 4.90 Å². The molecule has 0 aromatic heterocycles. The molecule has 3 nitrogen and oxygen atoms in total. The Labute approximate surface area is 115 Å². The minimum Gasteiger partial charge on any atom is -0.508 e. The Morgan fingerprint density at radius 3 is 2.53 bits per heavy atom. The molecule has 1 saturated heterocycles. The lowest BCUT2D eigenvalue weighted by atomic mass is 9.86. The number of piperidine rings is 1. The zero-order valence-corrected chi connectivity index (χ0v) is 12.0. The molecule has 1 N–H and O–H groups in total. The molecule has 0 spiro atoms. The lowest BCUT2D eigenvalue weighted by Crippen LogP contribution is -2.39. The van der Waals surface area contributed by atoms with Crippen molar-refractivity contribution in [3.63, 3.8) is 0 Å². The lowest BCUT2D eigenvalue weighted by molar-refractivity contribution is 0.0666. The van der Waals surface area contributed by atoms with Gasteiger partial charge < -0.3 is 10.0 Å². The molecule has 0 unspecified atom stereocenters. The SMILES string of the molecule is Cc1c(O)cccc1C(=O)N1CCC(C(C)C)CC1. The van der Waals surface area contributed by atoms with Gasteiger partial charge in [-0.3, -0.25) is 4.79 Å². The van der Waals surface area contributed by atoms with E-state index in [4.69, 9.17) is 0 Å². The third-order valence-electron chi connectivity index (χ3n) is 4.31. The number of hydrogen-bond acceptors (Lipinski definition) is 2. The van der Waals surface area contributed by atoms with E-state index in [1.165, 1.54) is 0 Å². The maximum Gasteiger partial charge on any atom is 0.254 e. The highest BCUT2D eigenvalue weighted by molar-refractivity contribution is 5.96. The summed E-state index contributed by atoms with van der Waals surface area (Å²) in [6, 6.07) is 5.15. The molecule has 1 fully saturated rings. The smallest absolute Gasteiger partial charge is 0.254 e. The van der Waals surface area contributed by atoms with Gasteiger partial charge in [0.15, 0.2) is 0 Å². The van der Waals surface area contributed by atoms with Crippen molar-refractivity contribution >= 4 is 5.91 Å². The summed E-state index contributed by atoms with van der Waals surface area (Å²) in [5.74, 6) is 1.67. The van der Waals surface area contributed by atoms with Crippen LogP contribution in [0.2, 0.25) is 0 Å². The van der Waals surface area contributed by atoms with Crippen molar-refractivity contribution in [3.8, 4) is 5.75 Å². The number of nitrogens with zero attached hydrogens (tertiary/aromatic N) is 1. The number of benzene rings is 1. The number of hydrogen-bond donors (Lipinski definition) is 1. The van der Waals surface area contributed by atoms with Crippen molar-refractivity contribution < 1.29 is 9.90 Å². The summed E-state index contributed by atoms with van der Waals surface area (Å²) in [4.78, 5) is 14.4. The van der Waals surface area contributed by atoms with Gasteiger partial charge in [-0.25, -0.2) is 0 Å². The van der Waals surface area contributed by atoms with Crippen LogP contribution in [0.1, 0.15) is 42.6 Å². The molecule has 104 valence electrons. The first-order valence-electron chi connectivity index (χ1n) is 7.08. The number of carbonyl (C=O) groups is 1. The van der Waals surface area contributed by atoms with Gasteiger partial charge in [-0.2, -0.15) is 0 Å². The fraction of sp³-hybridized carbons (Fsp3) is 0.562. The van der Waals surface area contributed by atoms with Gasteiger partial charge in [0.25, 0.3) is 5.91 Å². The molecule has 1 heterocycles. The first-order chi connectivity index (χ1) is 9.00. The second kappa shape index (κ2) is 5.64. The van der Waals surface area contributed by atoms with E-state index in [1.807, 2.05) is 4.90 Å². The molecular formula is C16H23NO2. The van der Waals surface area contributed by atoms with E-state index in [0.717, 1.165) is 31.8 Å². The summed E-state index contributed by atoms with van der Waals surface area (Å²) in [6.45, 7) is 7.96. The summed E-state index contributed by atoms with van der Waals surface area (Å²) < 4.78 is 0. The van der Waals surface area contributed by atoms with Crippen LogP contribution >= 0.6 is 0 Å². The van der Waals surface area contributed by atoms with E-state index in [9.17, 15) is 9.90 Å². The third kappa shape index (κ3) is 2.91. The fourth-order valence-corrected chi connectivity index (χ4v) is 2.79. The molecule has 0 saturated carbocycles. The summed E-state index contributed by atoms with van der Waals surface area (Å²) in [7, 11) is 0. The maximum absolute atomic E-state index is 12.5. The van der Waals surface area contributed by atoms with Crippen LogP contribution in [-0.2, 0) is 0 Å². The van der Waals surface area contributed by atoms with Gasteiger partial charge >= 0.3 is 0 Å². The van der Waals surface area contributed by atoms with Crippen LogP contribution in [0.5, 0.6) is 5.75 Å². The van der Waals surface area contributed by atoms with Gasteiger partial charge in [0.05, 0.1) is 0 Å². The Balaban J connectivity index is 2.07. The summed E-state index contributed by atoms with van der Waals surface area (Å²) in [5, 5.41) is 9.69. The van der Waals surface area contributed by atoms with Crippen LogP contribution < -0.4 is 0 Å². The van der Waals surface area contributed by atoms with Gasteiger partial charge in [0, 0.05) is 24.2 Å². The van der Waals surface area contributed by atoms with E-state index in [-0.39, 0.29) is 11.7 Å². The molecule has 1 aliphatic heterocycles. The van der Waals surface area contributed by atoms with Crippen LogP contribution in [0, 0.1) is 18.8 Å². The molecule has 2 rings (SSSR count). The zero-order valence-electron chi connectivity index (χ0n) is 12.0. The van der Waals surface area contributed by atoms with Crippen LogP contribution in [0.25, 0.3) is 0 Å². The monoisotopic (exact) mass is 261 g/mol. The average molecular weight is 261 g/mol. The van der Waals surface area contributed by atoms with E-state index in [0.29, 0.717) is 17.0 Å². The molecule has 1 aromatic carbocycles. The molecule has 0 bridgehead atoms. The molecule has 0 aliphatic carbocycles. The van der Waals surface area contributed by atoms with Crippen LogP contribution in [0.4, 0.5) is 0 Å². The molecule has 1 aliphatic rings. The van der Waals surface area contributed by atoms with Gasteiger partial charge in [-0.1, -0.05) is 19.9 Å². The third-order valence-corrected chi connectivity index (χ3v) is 4.31. The van der Waals surface area contributed by atoms with Crippen molar-refractivity contribution in [2.75, 3.05) is 13.1 Å². The predicted molar refractivity (Wildman–Crippen MR) is 76.3 cm³/mol. The Hall–Kier alpha value is -1.51. The van der Waals surface area contributed by atoms with Gasteiger partial charge in [0.2, 0.25) is 0 Å². The first kappa shape index (κ1) is 13.9. The largest absolute Gasteiger partial charge is 0.508 e. The maximum atomic E-state index is 12.5. The molecule has 19 heavy (non-hydrogen) atoms. The Morgan fingerprint density at radius 1 is 1.32 bits per heavy atom. The zero-order chi connectivity index (χ0) is 14.0. The predicted octanol–water partition coefficient (Wildman–Crippen LogP) is 3.21. The van der Waals surface area contributed by atoms with Gasteiger partial charge in [-0.05, 0) is 43.7 Å². The van der Waals surface area contributed by atoms with Crippen LogP contribution in [0.3, 0.4) is 0 Å². The summed E-state index contributed by atoms with van der Waals surface area (Å²) in [6.07, 6.45) is 2.17. The number of phenolic OH excluding ortho intramolecular Hbond substituents is 1. The molecule has 3 heteroatoms. The molecule has 0 atom stereocenters. The first-order valence-corrected chi connectivity index (χ1v) is 7.08. The number of carbonyl (C=O) groups excluding carboxylic acids is 1. The van der Waals surface area contributed by atoms with Crippen LogP contribution in [-0.4, -0.2) is 29.0 Å². The highest BCUT2D eigenvalue weighted by Crippen LogP contribution is 2.27. The number of aromatic hydroxyl groups is 1. The van der Waals surface area contributed by atoms with Gasteiger partial charge in [-0.15, -0.1) is 0 Å². The fourth-order valence-electron chi connectivity index (χ4n) is 2.79. The molecule has 1 aromatic rings. The topological polar surface area (TPSA) is 40.5 Å². The van der Waals surface area contributed by atoms with E-state index < -0.39 is 0 Å². The van der Waals surface area contributed by atoms with Crippen molar-refractivity contribution in [2.45, 2.75) is 33.6 Å². The number of amides is 1. The normalized spacial score (nSPS) is 16.9. The number of likely N-dealkylation sites (tertiary alicyclic amines) is 1. The molecular weight excluding hydrogens is 238 g/mol.